The van der Waals surface area contributed by atoms with Crippen molar-refractivity contribution in [2.45, 2.75) is 57.1 Å². The number of benzene rings is 4. The Morgan fingerprint density at radius 2 is 1.45 bits per heavy atom. The highest BCUT2D eigenvalue weighted by Gasteiger charge is 2.36. The van der Waals surface area contributed by atoms with Crippen molar-refractivity contribution in [3.8, 4) is 5.75 Å². The average Bonchev–Trinajstić information content (AvgIpc) is 3.03. The Hall–Kier alpha value is -4.05. The molecule has 4 rings (SSSR count). The summed E-state index contributed by atoms with van der Waals surface area (Å²) >= 11 is 12.6. The van der Waals surface area contributed by atoms with Crippen molar-refractivity contribution >= 4 is 50.7 Å². The first kappa shape index (κ1) is 35.8. The van der Waals surface area contributed by atoms with Crippen LogP contribution in [0.1, 0.15) is 38.8 Å². The largest absolute Gasteiger partial charge is 0.492 e. The number of anilines is 1. The SMILES string of the molecule is CCOc1ccccc1N(CC(=O)N(Cc1ccc(Cl)c(Cl)c1)[C@@H](Cc1ccccc1)C(=O)NC(C)(C)C)S(=O)(=O)c1ccccc1. The van der Waals surface area contributed by atoms with E-state index in [4.69, 9.17) is 27.9 Å². The third-order valence-electron chi connectivity index (χ3n) is 7.15. The van der Waals surface area contributed by atoms with Crippen LogP contribution in [-0.4, -0.2) is 49.9 Å². The number of carbonyl (C=O) groups is 2. The molecule has 0 unspecified atom stereocenters. The van der Waals surface area contributed by atoms with Crippen LogP contribution in [0, 0.1) is 0 Å². The first-order valence-electron chi connectivity index (χ1n) is 15.2. The van der Waals surface area contributed by atoms with Gasteiger partial charge in [0.15, 0.2) is 0 Å². The second-order valence-electron chi connectivity index (χ2n) is 11.9. The normalized spacial score (nSPS) is 12.2. The first-order chi connectivity index (χ1) is 22.3. The number of sulfonamides is 1. The maximum absolute atomic E-state index is 14.7. The van der Waals surface area contributed by atoms with Gasteiger partial charge < -0.3 is 15.0 Å². The number of hydrogen-bond acceptors (Lipinski definition) is 5. The molecule has 0 saturated heterocycles. The molecule has 0 aliphatic heterocycles. The van der Waals surface area contributed by atoms with Crippen LogP contribution >= 0.6 is 23.2 Å². The van der Waals surface area contributed by atoms with E-state index in [1.807, 2.05) is 51.1 Å². The highest BCUT2D eigenvalue weighted by Crippen LogP contribution is 2.33. The second-order valence-corrected chi connectivity index (χ2v) is 14.6. The molecule has 0 aliphatic rings. The number of nitrogens with one attached hydrogen (secondary N) is 1. The Bertz CT molecular complexity index is 1780. The van der Waals surface area contributed by atoms with Crippen molar-refractivity contribution in [3.05, 3.63) is 124 Å². The lowest BCUT2D eigenvalue weighted by molar-refractivity contribution is -0.140. The van der Waals surface area contributed by atoms with Crippen LogP contribution in [0.3, 0.4) is 0 Å². The summed E-state index contributed by atoms with van der Waals surface area (Å²) < 4.78 is 35.4. The number of carbonyl (C=O) groups excluding carboxylic acids is 2. The molecule has 248 valence electrons. The van der Waals surface area contributed by atoms with Crippen molar-refractivity contribution in [1.29, 1.82) is 0 Å². The van der Waals surface area contributed by atoms with Gasteiger partial charge in [0.1, 0.15) is 18.3 Å². The van der Waals surface area contributed by atoms with E-state index >= 15 is 0 Å². The standard InChI is InChI=1S/C36H39Cl2N3O5S/c1-5-46-33-19-13-12-18-31(33)41(47(44,45)28-16-10-7-11-17-28)25-34(42)40(24-27-20-21-29(37)30(38)22-27)32(35(43)39-36(2,3)4)23-26-14-8-6-9-15-26/h6-22,32H,5,23-25H2,1-4H3,(H,39,43)/t32-/m0/s1. The lowest BCUT2D eigenvalue weighted by Crippen LogP contribution is -2.56. The number of para-hydroxylation sites is 2. The number of halogens is 2. The molecular formula is C36H39Cl2N3O5S. The lowest BCUT2D eigenvalue weighted by atomic mass is 10.0. The third-order valence-corrected chi connectivity index (χ3v) is 9.66. The molecule has 4 aromatic carbocycles. The minimum Gasteiger partial charge on any atom is -0.492 e. The number of rotatable bonds is 13. The highest BCUT2D eigenvalue weighted by molar-refractivity contribution is 7.92. The van der Waals surface area contributed by atoms with Crippen LogP contribution in [0.25, 0.3) is 0 Å². The molecule has 1 N–H and O–H groups in total. The minimum atomic E-state index is -4.28. The summed E-state index contributed by atoms with van der Waals surface area (Å²) in [5, 5.41) is 3.64. The van der Waals surface area contributed by atoms with E-state index in [2.05, 4.69) is 5.32 Å². The molecule has 0 fully saturated rings. The predicted octanol–water partition coefficient (Wildman–Crippen LogP) is 7.14. The van der Waals surface area contributed by atoms with Crippen molar-refractivity contribution in [1.82, 2.24) is 10.2 Å². The Labute approximate surface area is 287 Å². The van der Waals surface area contributed by atoms with E-state index in [9.17, 15) is 18.0 Å². The summed E-state index contributed by atoms with van der Waals surface area (Å²) in [5.74, 6) is -0.696. The summed E-state index contributed by atoms with van der Waals surface area (Å²) in [7, 11) is -4.28. The quantitative estimate of drug-likeness (QED) is 0.160. The van der Waals surface area contributed by atoms with Gasteiger partial charge in [-0.25, -0.2) is 8.42 Å². The van der Waals surface area contributed by atoms with Gasteiger partial charge in [0.25, 0.3) is 10.0 Å². The maximum Gasteiger partial charge on any atom is 0.264 e. The molecule has 0 spiro atoms. The molecule has 0 heterocycles. The van der Waals surface area contributed by atoms with Crippen LogP contribution in [0.15, 0.2) is 108 Å². The number of ether oxygens (including phenoxy) is 1. The van der Waals surface area contributed by atoms with Crippen molar-refractivity contribution in [3.63, 3.8) is 0 Å². The molecule has 1 atom stereocenters. The molecule has 0 radical (unpaired) electrons. The van der Waals surface area contributed by atoms with Crippen molar-refractivity contribution in [2.75, 3.05) is 17.5 Å². The second kappa shape index (κ2) is 15.7. The summed E-state index contributed by atoms with van der Waals surface area (Å²) in [6.45, 7) is 6.98. The van der Waals surface area contributed by atoms with E-state index in [-0.39, 0.29) is 41.1 Å². The number of nitrogens with zero attached hydrogens (tertiary/aromatic N) is 2. The Morgan fingerprint density at radius 1 is 0.830 bits per heavy atom. The number of hydrogen-bond donors (Lipinski definition) is 1. The maximum atomic E-state index is 14.7. The van der Waals surface area contributed by atoms with Crippen LogP contribution in [0.5, 0.6) is 5.75 Å². The fourth-order valence-electron chi connectivity index (χ4n) is 5.02. The van der Waals surface area contributed by atoms with E-state index in [1.54, 1.807) is 67.6 Å². The zero-order valence-electron chi connectivity index (χ0n) is 26.8. The van der Waals surface area contributed by atoms with Gasteiger partial charge in [-0.2, -0.15) is 0 Å². The zero-order valence-corrected chi connectivity index (χ0v) is 29.1. The van der Waals surface area contributed by atoms with Crippen LogP contribution < -0.4 is 14.4 Å². The predicted molar refractivity (Wildman–Crippen MR) is 187 cm³/mol. The summed E-state index contributed by atoms with van der Waals surface area (Å²) in [4.78, 5) is 30.1. The minimum absolute atomic E-state index is 0.00134. The fraction of sp³-hybridized carbons (Fsp3) is 0.278. The summed E-state index contributed by atoms with van der Waals surface area (Å²) in [6.07, 6.45) is 0.177. The van der Waals surface area contributed by atoms with Gasteiger partial charge in [0, 0.05) is 18.5 Å². The van der Waals surface area contributed by atoms with Crippen LogP contribution in [0.4, 0.5) is 5.69 Å². The molecule has 47 heavy (non-hydrogen) atoms. The third kappa shape index (κ3) is 9.50. The monoisotopic (exact) mass is 695 g/mol. The highest BCUT2D eigenvalue weighted by atomic mass is 35.5. The van der Waals surface area contributed by atoms with Gasteiger partial charge in [0.2, 0.25) is 11.8 Å². The van der Waals surface area contributed by atoms with Crippen LogP contribution in [-0.2, 0) is 32.6 Å². The molecule has 0 aliphatic carbocycles. The van der Waals surface area contributed by atoms with Crippen molar-refractivity contribution < 1.29 is 22.7 Å². The smallest absolute Gasteiger partial charge is 0.264 e. The topological polar surface area (TPSA) is 96.0 Å². The van der Waals surface area contributed by atoms with Crippen molar-refractivity contribution in [2.24, 2.45) is 0 Å². The molecular weight excluding hydrogens is 657 g/mol. The van der Waals surface area contributed by atoms with E-state index in [0.717, 1.165) is 9.87 Å². The van der Waals surface area contributed by atoms with E-state index in [1.165, 1.54) is 17.0 Å². The Kier molecular flexibility index (Phi) is 12.0. The van der Waals surface area contributed by atoms with Gasteiger partial charge in [0.05, 0.1) is 27.2 Å². The van der Waals surface area contributed by atoms with E-state index < -0.39 is 34.1 Å². The average molecular weight is 697 g/mol. The molecule has 0 aromatic heterocycles. The Morgan fingerprint density at radius 3 is 2.06 bits per heavy atom. The molecule has 4 aromatic rings. The zero-order chi connectivity index (χ0) is 34.2. The molecule has 11 heteroatoms. The van der Waals surface area contributed by atoms with Gasteiger partial charge in [-0.15, -0.1) is 0 Å². The first-order valence-corrected chi connectivity index (χ1v) is 17.4. The summed E-state index contributed by atoms with van der Waals surface area (Å²) in [6, 6.07) is 27.8. The molecule has 0 saturated carbocycles. The van der Waals surface area contributed by atoms with Gasteiger partial charge in [-0.05, 0) is 75.2 Å². The summed E-state index contributed by atoms with van der Waals surface area (Å²) in [5.41, 5.74) is 1.02. The molecule has 8 nitrogen and oxygen atoms in total. The molecule has 0 bridgehead atoms. The van der Waals surface area contributed by atoms with Gasteiger partial charge in [-0.3, -0.25) is 13.9 Å². The Balaban J connectivity index is 1.86. The number of amides is 2. The van der Waals surface area contributed by atoms with E-state index in [0.29, 0.717) is 16.3 Å². The van der Waals surface area contributed by atoms with Gasteiger partial charge in [-0.1, -0.05) is 89.9 Å². The van der Waals surface area contributed by atoms with Gasteiger partial charge >= 0.3 is 0 Å². The van der Waals surface area contributed by atoms with Crippen LogP contribution in [0.2, 0.25) is 10.0 Å². The molecule has 2 amide bonds. The fourth-order valence-corrected chi connectivity index (χ4v) is 6.78. The lowest BCUT2D eigenvalue weighted by Gasteiger charge is -2.35.